The van der Waals surface area contributed by atoms with Gasteiger partial charge in [-0.25, -0.2) is 0 Å². The van der Waals surface area contributed by atoms with Crippen LogP contribution in [0.3, 0.4) is 0 Å². The van der Waals surface area contributed by atoms with Gasteiger partial charge in [0.05, 0.1) is 23.8 Å². The molecule has 0 spiro atoms. The van der Waals surface area contributed by atoms with E-state index in [1.165, 1.54) is 30.9 Å². The molecule has 0 unspecified atom stereocenters. The molecule has 0 fully saturated rings. The van der Waals surface area contributed by atoms with Crippen molar-refractivity contribution in [1.82, 2.24) is 4.90 Å². The topological polar surface area (TPSA) is 84.7 Å². The van der Waals surface area contributed by atoms with Crippen molar-refractivity contribution in [3.05, 3.63) is 63.7 Å². The van der Waals surface area contributed by atoms with Crippen molar-refractivity contribution in [2.75, 3.05) is 19.5 Å². The molecule has 0 aliphatic carbocycles. The molecule has 0 radical (unpaired) electrons. The smallest absolute Gasteiger partial charge is 0.271 e. The van der Waals surface area contributed by atoms with E-state index in [9.17, 15) is 14.9 Å². The van der Waals surface area contributed by atoms with Crippen molar-refractivity contribution < 1.29 is 14.5 Å². The van der Waals surface area contributed by atoms with Crippen LogP contribution in [0.4, 0.5) is 11.4 Å². The van der Waals surface area contributed by atoms with E-state index in [4.69, 9.17) is 4.74 Å². The average molecular weight is 371 g/mol. The number of methoxy groups -OCH3 is 1. The van der Waals surface area contributed by atoms with Gasteiger partial charge in [-0.3, -0.25) is 19.8 Å². The predicted octanol–water partition coefficient (Wildman–Crippen LogP) is 3.62. The molecule has 1 amide bonds. The van der Waals surface area contributed by atoms with Gasteiger partial charge in [-0.15, -0.1) is 0 Å². The average Bonchev–Trinajstić information content (AvgIpc) is 2.67. The lowest BCUT2D eigenvalue weighted by Gasteiger charge is -2.24. The monoisotopic (exact) mass is 371 g/mol. The fourth-order valence-electron chi connectivity index (χ4n) is 2.65. The molecule has 27 heavy (non-hydrogen) atoms. The van der Waals surface area contributed by atoms with Crippen molar-refractivity contribution in [1.29, 1.82) is 0 Å². The first kappa shape index (κ1) is 20.4. The minimum Gasteiger partial charge on any atom is -0.495 e. The molecule has 1 atom stereocenters. The van der Waals surface area contributed by atoms with E-state index in [0.29, 0.717) is 12.3 Å². The standard InChI is InChI=1S/C20H25N3O4/c1-5-15-6-8-16(9-7-15)13-22(3)14(2)20(24)21-18-12-17(23(25)26)10-11-19(18)27-4/h6-12,14H,5,13H2,1-4H3,(H,21,24)/t14-/m0/s1. The molecule has 2 rings (SSSR count). The maximum Gasteiger partial charge on any atom is 0.271 e. The third-order valence-electron chi connectivity index (χ3n) is 4.56. The Morgan fingerprint density at radius 1 is 1.22 bits per heavy atom. The number of nitro groups is 1. The van der Waals surface area contributed by atoms with Gasteiger partial charge in [0.2, 0.25) is 5.91 Å². The molecule has 0 saturated carbocycles. The Labute approximate surface area is 159 Å². The highest BCUT2D eigenvalue weighted by molar-refractivity contribution is 5.96. The van der Waals surface area contributed by atoms with Gasteiger partial charge in [-0.05, 0) is 37.6 Å². The number of likely N-dealkylation sites (N-methyl/N-ethyl adjacent to an activating group) is 1. The summed E-state index contributed by atoms with van der Waals surface area (Å²) in [6, 6.07) is 12.0. The van der Waals surface area contributed by atoms with E-state index in [0.717, 1.165) is 12.0 Å². The maximum atomic E-state index is 12.6. The van der Waals surface area contributed by atoms with E-state index in [-0.39, 0.29) is 17.3 Å². The van der Waals surface area contributed by atoms with E-state index >= 15 is 0 Å². The fourth-order valence-corrected chi connectivity index (χ4v) is 2.65. The Morgan fingerprint density at radius 3 is 2.41 bits per heavy atom. The van der Waals surface area contributed by atoms with Gasteiger partial charge in [-0.1, -0.05) is 31.2 Å². The van der Waals surface area contributed by atoms with Crippen LogP contribution < -0.4 is 10.1 Å². The molecule has 0 bridgehead atoms. The first-order chi connectivity index (χ1) is 12.8. The first-order valence-corrected chi connectivity index (χ1v) is 8.77. The molecule has 7 heteroatoms. The molecular weight excluding hydrogens is 346 g/mol. The van der Waals surface area contributed by atoms with E-state index in [1.807, 2.05) is 11.9 Å². The molecule has 1 N–H and O–H groups in total. The summed E-state index contributed by atoms with van der Waals surface area (Å²) >= 11 is 0. The molecule has 7 nitrogen and oxygen atoms in total. The summed E-state index contributed by atoms with van der Waals surface area (Å²) in [7, 11) is 3.31. The number of nitro benzene ring substituents is 1. The lowest BCUT2D eigenvalue weighted by Crippen LogP contribution is -2.39. The van der Waals surface area contributed by atoms with Crippen LogP contribution in [-0.4, -0.2) is 35.9 Å². The maximum absolute atomic E-state index is 12.6. The number of hydrogen-bond donors (Lipinski definition) is 1. The number of hydrogen-bond acceptors (Lipinski definition) is 5. The third kappa shape index (κ3) is 5.27. The van der Waals surface area contributed by atoms with Gasteiger partial charge in [0.25, 0.3) is 5.69 Å². The largest absolute Gasteiger partial charge is 0.495 e. The first-order valence-electron chi connectivity index (χ1n) is 8.77. The Bertz CT molecular complexity index is 805. The summed E-state index contributed by atoms with van der Waals surface area (Å²) in [5, 5.41) is 13.7. The van der Waals surface area contributed by atoms with Crippen LogP contribution in [0.2, 0.25) is 0 Å². The highest BCUT2D eigenvalue weighted by Gasteiger charge is 2.21. The normalized spacial score (nSPS) is 11.9. The second-order valence-electron chi connectivity index (χ2n) is 6.39. The van der Waals surface area contributed by atoms with Crippen LogP contribution in [0, 0.1) is 10.1 Å². The molecule has 0 heterocycles. The van der Waals surface area contributed by atoms with Crippen LogP contribution >= 0.6 is 0 Å². The molecule has 0 aromatic heterocycles. The summed E-state index contributed by atoms with van der Waals surface area (Å²) < 4.78 is 5.19. The molecule has 0 aliphatic heterocycles. The number of nitrogens with zero attached hydrogens (tertiary/aromatic N) is 2. The van der Waals surface area contributed by atoms with Crippen LogP contribution in [0.25, 0.3) is 0 Å². The zero-order valence-corrected chi connectivity index (χ0v) is 16.1. The highest BCUT2D eigenvalue weighted by atomic mass is 16.6. The fraction of sp³-hybridized carbons (Fsp3) is 0.350. The van der Waals surface area contributed by atoms with Crippen molar-refractivity contribution in [2.24, 2.45) is 0 Å². The van der Waals surface area contributed by atoms with Crippen molar-refractivity contribution >= 4 is 17.3 Å². The zero-order chi connectivity index (χ0) is 20.0. The van der Waals surface area contributed by atoms with Gasteiger partial charge < -0.3 is 10.1 Å². The Morgan fingerprint density at radius 2 is 1.85 bits per heavy atom. The minimum atomic E-state index is -0.509. The summed E-state index contributed by atoms with van der Waals surface area (Å²) in [5.41, 5.74) is 2.56. The number of rotatable bonds is 8. The van der Waals surface area contributed by atoms with Crippen molar-refractivity contribution in [3.63, 3.8) is 0 Å². The van der Waals surface area contributed by atoms with Crippen molar-refractivity contribution in [2.45, 2.75) is 32.9 Å². The van der Waals surface area contributed by atoms with Gasteiger partial charge in [0.15, 0.2) is 0 Å². The Hall–Kier alpha value is -2.93. The lowest BCUT2D eigenvalue weighted by atomic mass is 10.1. The van der Waals surface area contributed by atoms with Crippen LogP contribution in [-0.2, 0) is 17.8 Å². The second-order valence-corrected chi connectivity index (χ2v) is 6.39. The summed E-state index contributed by atoms with van der Waals surface area (Å²) in [5.74, 6) is 0.112. The Kier molecular flexibility index (Phi) is 6.90. The number of ether oxygens (including phenoxy) is 1. The van der Waals surface area contributed by atoms with Gasteiger partial charge in [0, 0.05) is 18.7 Å². The predicted molar refractivity (Wildman–Crippen MR) is 105 cm³/mol. The molecule has 0 saturated heterocycles. The number of carbonyl (C=O) groups excluding carboxylic acids is 1. The third-order valence-corrected chi connectivity index (χ3v) is 4.56. The van der Waals surface area contributed by atoms with E-state index < -0.39 is 11.0 Å². The number of carbonyl (C=O) groups is 1. The number of benzene rings is 2. The molecule has 144 valence electrons. The number of anilines is 1. The molecule has 0 aliphatic rings. The SMILES string of the molecule is CCc1ccc(CN(C)[C@@H](C)C(=O)Nc2cc([N+](=O)[O-])ccc2OC)cc1. The van der Waals surface area contributed by atoms with E-state index in [1.54, 1.807) is 6.92 Å². The quantitative estimate of drug-likeness (QED) is 0.566. The second kappa shape index (κ2) is 9.14. The molecule has 2 aromatic carbocycles. The zero-order valence-electron chi connectivity index (χ0n) is 16.1. The Balaban J connectivity index is 2.07. The highest BCUT2D eigenvalue weighted by Crippen LogP contribution is 2.29. The summed E-state index contributed by atoms with van der Waals surface area (Å²) in [6.07, 6.45) is 0.986. The summed E-state index contributed by atoms with van der Waals surface area (Å²) in [6.45, 7) is 4.51. The minimum absolute atomic E-state index is 0.108. The number of non-ortho nitro benzene ring substituents is 1. The summed E-state index contributed by atoms with van der Waals surface area (Å²) in [4.78, 5) is 25.0. The van der Waals surface area contributed by atoms with Crippen molar-refractivity contribution in [3.8, 4) is 5.75 Å². The lowest BCUT2D eigenvalue weighted by molar-refractivity contribution is -0.384. The number of nitrogens with one attached hydrogen (secondary N) is 1. The van der Waals surface area contributed by atoms with Gasteiger partial charge in [-0.2, -0.15) is 0 Å². The molecule has 2 aromatic rings. The van der Waals surface area contributed by atoms with E-state index in [2.05, 4.69) is 36.5 Å². The molecular formula is C20H25N3O4. The number of amides is 1. The van der Waals surface area contributed by atoms with Crippen LogP contribution in [0.1, 0.15) is 25.0 Å². The number of aryl methyl sites for hydroxylation is 1. The van der Waals surface area contributed by atoms with Crippen LogP contribution in [0.15, 0.2) is 42.5 Å². The van der Waals surface area contributed by atoms with Gasteiger partial charge in [0.1, 0.15) is 5.75 Å². The van der Waals surface area contributed by atoms with Gasteiger partial charge >= 0.3 is 0 Å². The van der Waals surface area contributed by atoms with Crippen LogP contribution in [0.5, 0.6) is 5.75 Å².